The summed E-state index contributed by atoms with van der Waals surface area (Å²) in [5.74, 6) is 1.47. The van der Waals surface area contributed by atoms with Crippen molar-refractivity contribution in [2.45, 2.75) is 6.42 Å². The maximum Gasteiger partial charge on any atom is 0.331 e. The van der Waals surface area contributed by atoms with Gasteiger partial charge in [-0.3, -0.25) is 4.57 Å². The first-order valence-corrected chi connectivity index (χ1v) is 5.28. The number of carbonyl (C=O) groups is 1. The maximum atomic E-state index is 11.9. The monoisotopic (exact) mass is 229 g/mol. The fourth-order valence-corrected chi connectivity index (χ4v) is 1.95. The minimum absolute atomic E-state index is 0.190. The van der Waals surface area contributed by atoms with Crippen molar-refractivity contribution in [2.75, 3.05) is 12.4 Å². The Labute approximate surface area is 98.0 Å². The Morgan fingerprint density at radius 1 is 1.47 bits per heavy atom. The van der Waals surface area contributed by atoms with Crippen molar-refractivity contribution in [3.05, 3.63) is 42.0 Å². The number of methoxy groups -OCH3 is 1. The zero-order valence-corrected chi connectivity index (χ0v) is 9.30. The quantitative estimate of drug-likeness (QED) is 0.812. The Morgan fingerprint density at radius 2 is 2.35 bits per heavy atom. The maximum absolute atomic E-state index is 11.9. The number of imidazole rings is 1. The Bertz CT molecular complexity index is 589. The van der Waals surface area contributed by atoms with Crippen LogP contribution in [0.15, 0.2) is 30.6 Å². The first-order chi connectivity index (χ1) is 8.28. The van der Waals surface area contributed by atoms with Gasteiger partial charge in [0.1, 0.15) is 11.6 Å². The van der Waals surface area contributed by atoms with Gasteiger partial charge in [-0.15, -0.1) is 0 Å². The molecular formula is C12H11N3O2. The molecule has 17 heavy (non-hydrogen) atoms. The molecule has 0 fully saturated rings. The first-order valence-electron chi connectivity index (χ1n) is 5.28. The highest BCUT2D eigenvalue weighted by Crippen LogP contribution is 2.26. The molecule has 0 radical (unpaired) electrons. The Kier molecular flexibility index (Phi) is 2.11. The number of fused-ring (bicyclic) bond motifs is 2. The normalized spacial score (nSPS) is 13.4. The third-order valence-corrected chi connectivity index (χ3v) is 2.84. The van der Waals surface area contributed by atoms with Crippen molar-refractivity contribution in [1.29, 1.82) is 0 Å². The molecular weight excluding hydrogens is 218 g/mol. The summed E-state index contributed by atoms with van der Waals surface area (Å²) in [7, 11) is 1.60. The van der Waals surface area contributed by atoms with Gasteiger partial charge in [-0.05, 0) is 11.6 Å². The standard InChI is InChI=1S/C12H11N3O2/c1-17-9-3-2-8-6-11-13-4-5-15(11)12(16)14-10(8)7-9/h2-5,7H,6H2,1H3,(H,14,16). The van der Waals surface area contributed by atoms with E-state index in [1.165, 1.54) is 4.57 Å². The fourth-order valence-electron chi connectivity index (χ4n) is 1.95. The molecule has 0 bridgehead atoms. The highest BCUT2D eigenvalue weighted by Gasteiger charge is 2.19. The summed E-state index contributed by atoms with van der Waals surface area (Å²) in [5.41, 5.74) is 1.81. The number of benzene rings is 1. The number of hydrogen-bond acceptors (Lipinski definition) is 3. The molecule has 0 unspecified atom stereocenters. The fraction of sp³-hybridized carbons (Fsp3) is 0.167. The number of aromatic nitrogens is 2. The highest BCUT2D eigenvalue weighted by atomic mass is 16.5. The number of amides is 1. The van der Waals surface area contributed by atoms with Gasteiger partial charge in [0, 0.05) is 30.6 Å². The van der Waals surface area contributed by atoms with E-state index in [0.29, 0.717) is 6.42 Å². The lowest BCUT2D eigenvalue weighted by molar-refractivity contribution is 0.253. The molecule has 0 atom stereocenters. The average molecular weight is 229 g/mol. The molecule has 0 saturated carbocycles. The van der Waals surface area contributed by atoms with Gasteiger partial charge in [0.25, 0.3) is 0 Å². The molecule has 1 aliphatic heterocycles. The summed E-state index contributed by atoms with van der Waals surface area (Å²) >= 11 is 0. The first kappa shape index (κ1) is 9.89. The summed E-state index contributed by atoms with van der Waals surface area (Å²) in [6, 6.07) is 5.45. The van der Waals surface area contributed by atoms with Crippen molar-refractivity contribution in [3.63, 3.8) is 0 Å². The van der Waals surface area contributed by atoms with Crippen molar-refractivity contribution in [1.82, 2.24) is 9.55 Å². The molecule has 86 valence electrons. The van der Waals surface area contributed by atoms with Crippen LogP contribution in [0, 0.1) is 0 Å². The average Bonchev–Trinajstić information content (AvgIpc) is 2.75. The zero-order valence-electron chi connectivity index (χ0n) is 9.30. The Balaban J connectivity index is 2.10. The highest BCUT2D eigenvalue weighted by molar-refractivity contribution is 5.93. The zero-order chi connectivity index (χ0) is 11.8. The minimum atomic E-state index is -0.190. The second-order valence-electron chi connectivity index (χ2n) is 3.84. The number of nitrogens with zero attached hydrogens (tertiary/aromatic N) is 2. The van der Waals surface area contributed by atoms with E-state index >= 15 is 0 Å². The predicted molar refractivity (Wildman–Crippen MR) is 62.4 cm³/mol. The van der Waals surface area contributed by atoms with Crippen LogP contribution < -0.4 is 10.1 Å². The minimum Gasteiger partial charge on any atom is -0.497 e. The molecule has 0 aliphatic carbocycles. The van der Waals surface area contributed by atoms with Crippen LogP contribution in [0.2, 0.25) is 0 Å². The lowest BCUT2D eigenvalue weighted by atomic mass is 10.1. The summed E-state index contributed by atoms with van der Waals surface area (Å²) in [6.45, 7) is 0. The van der Waals surface area contributed by atoms with E-state index in [-0.39, 0.29) is 6.03 Å². The van der Waals surface area contributed by atoms with Crippen molar-refractivity contribution in [3.8, 4) is 5.75 Å². The third-order valence-electron chi connectivity index (χ3n) is 2.84. The second kappa shape index (κ2) is 3.62. The molecule has 5 heteroatoms. The van der Waals surface area contributed by atoms with Crippen LogP contribution in [0.1, 0.15) is 11.4 Å². The van der Waals surface area contributed by atoms with E-state index in [9.17, 15) is 4.79 Å². The van der Waals surface area contributed by atoms with E-state index in [1.54, 1.807) is 19.5 Å². The molecule has 1 N–H and O–H groups in total. The van der Waals surface area contributed by atoms with Gasteiger partial charge < -0.3 is 10.1 Å². The lowest BCUT2D eigenvalue weighted by Crippen LogP contribution is -2.18. The van der Waals surface area contributed by atoms with Crippen LogP contribution in [0.3, 0.4) is 0 Å². The number of rotatable bonds is 1. The van der Waals surface area contributed by atoms with Crippen LogP contribution in [0.4, 0.5) is 10.5 Å². The van der Waals surface area contributed by atoms with Gasteiger partial charge in [-0.1, -0.05) is 6.07 Å². The predicted octanol–water partition coefficient (Wildman–Crippen LogP) is 1.88. The van der Waals surface area contributed by atoms with Crippen molar-refractivity contribution >= 4 is 11.7 Å². The van der Waals surface area contributed by atoms with Crippen LogP contribution in [-0.2, 0) is 6.42 Å². The summed E-state index contributed by atoms with van der Waals surface area (Å²) < 4.78 is 6.66. The van der Waals surface area contributed by atoms with Gasteiger partial charge in [0.2, 0.25) is 0 Å². The van der Waals surface area contributed by atoms with Gasteiger partial charge in [-0.2, -0.15) is 0 Å². The second-order valence-corrected chi connectivity index (χ2v) is 3.84. The van der Waals surface area contributed by atoms with Gasteiger partial charge >= 0.3 is 6.03 Å². The molecule has 1 aromatic heterocycles. The largest absolute Gasteiger partial charge is 0.497 e. The van der Waals surface area contributed by atoms with E-state index in [1.807, 2.05) is 18.2 Å². The summed E-state index contributed by atoms with van der Waals surface area (Å²) in [5, 5.41) is 2.84. The van der Waals surface area contributed by atoms with Gasteiger partial charge in [0.05, 0.1) is 7.11 Å². The van der Waals surface area contributed by atoms with Crippen molar-refractivity contribution in [2.24, 2.45) is 0 Å². The molecule has 1 aliphatic rings. The Morgan fingerprint density at radius 3 is 3.18 bits per heavy atom. The van der Waals surface area contributed by atoms with Crippen LogP contribution in [0.25, 0.3) is 0 Å². The van der Waals surface area contributed by atoms with Crippen LogP contribution in [-0.4, -0.2) is 22.7 Å². The molecule has 1 aromatic carbocycles. The Hall–Kier alpha value is -2.30. The SMILES string of the molecule is COc1ccc2c(c1)NC(=O)n1ccnc1C2. The molecule has 1 amide bonds. The van der Waals surface area contributed by atoms with E-state index < -0.39 is 0 Å². The number of carbonyl (C=O) groups excluding carboxylic acids is 1. The van der Waals surface area contributed by atoms with Crippen LogP contribution in [0.5, 0.6) is 5.75 Å². The van der Waals surface area contributed by atoms with Gasteiger partial charge in [0.15, 0.2) is 0 Å². The van der Waals surface area contributed by atoms with E-state index in [2.05, 4.69) is 10.3 Å². The van der Waals surface area contributed by atoms with Crippen LogP contribution >= 0.6 is 0 Å². The lowest BCUT2D eigenvalue weighted by Gasteiger charge is -2.08. The van der Waals surface area contributed by atoms with Gasteiger partial charge in [-0.25, -0.2) is 9.78 Å². The molecule has 0 spiro atoms. The number of hydrogen-bond donors (Lipinski definition) is 1. The molecule has 3 rings (SSSR count). The third kappa shape index (κ3) is 1.56. The number of anilines is 1. The number of nitrogens with one attached hydrogen (secondary N) is 1. The topological polar surface area (TPSA) is 56.1 Å². The molecule has 2 aromatic rings. The summed E-state index contributed by atoms with van der Waals surface area (Å²) in [4.78, 5) is 16.1. The summed E-state index contributed by atoms with van der Waals surface area (Å²) in [6.07, 6.45) is 3.92. The van der Waals surface area contributed by atoms with Crippen molar-refractivity contribution < 1.29 is 9.53 Å². The molecule has 5 nitrogen and oxygen atoms in total. The molecule has 0 saturated heterocycles. The molecule has 2 heterocycles. The number of ether oxygens (including phenoxy) is 1. The smallest absolute Gasteiger partial charge is 0.331 e. The van der Waals surface area contributed by atoms with E-state index in [4.69, 9.17) is 4.74 Å². The van der Waals surface area contributed by atoms with E-state index in [0.717, 1.165) is 22.8 Å².